The quantitative estimate of drug-likeness (QED) is 0.436. The van der Waals surface area contributed by atoms with Crippen LogP contribution in [0.15, 0.2) is 29.2 Å². The number of rotatable bonds is 7. The van der Waals surface area contributed by atoms with Crippen molar-refractivity contribution in [1.29, 1.82) is 0 Å². The first-order valence-corrected chi connectivity index (χ1v) is 6.61. The maximum Gasteiger partial charge on any atom is 0.243 e. The molecule has 0 aliphatic carbocycles. The predicted molar refractivity (Wildman–Crippen MR) is 66.1 cm³/mol. The average molecular weight is 273 g/mol. The molecule has 5 N–H and O–H groups in total. The Balaban J connectivity index is 2.45. The van der Waals surface area contributed by atoms with E-state index in [4.69, 9.17) is 16.2 Å². The maximum absolute atomic E-state index is 11.7. The van der Waals surface area contributed by atoms with Gasteiger partial charge in [-0.05, 0) is 24.3 Å². The van der Waals surface area contributed by atoms with Crippen molar-refractivity contribution in [3.8, 4) is 0 Å². The van der Waals surface area contributed by atoms with Gasteiger partial charge in [-0.1, -0.05) is 0 Å². The first kappa shape index (κ1) is 14.4. The molecule has 0 radical (unpaired) electrons. The molecule has 0 saturated heterocycles. The first-order valence-electron chi connectivity index (χ1n) is 5.13. The molecule has 0 aromatic heterocycles. The van der Waals surface area contributed by atoms with E-state index in [1.54, 1.807) is 0 Å². The Bertz CT molecular complexity index is 498. The summed E-state index contributed by atoms with van der Waals surface area (Å²) < 4.78 is 30.6. The van der Waals surface area contributed by atoms with Gasteiger partial charge in [0.15, 0.2) is 0 Å². The number of primary amides is 1. The molecule has 0 atom stereocenters. The molecule has 1 amide bonds. The van der Waals surface area contributed by atoms with Crippen molar-refractivity contribution in [2.24, 2.45) is 5.73 Å². The Hall–Kier alpha value is -1.64. The number of anilines is 1. The Morgan fingerprint density at radius 1 is 1.28 bits per heavy atom. The lowest BCUT2D eigenvalue weighted by Crippen LogP contribution is -2.29. The molecule has 0 aliphatic rings. The van der Waals surface area contributed by atoms with Gasteiger partial charge in [-0.15, -0.1) is 0 Å². The summed E-state index contributed by atoms with van der Waals surface area (Å²) in [7, 11) is -3.58. The monoisotopic (exact) mass is 273 g/mol. The number of hydrogen-bond donors (Lipinski definition) is 3. The number of benzene rings is 1. The van der Waals surface area contributed by atoms with Crippen molar-refractivity contribution < 1.29 is 17.9 Å². The van der Waals surface area contributed by atoms with E-state index < -0.39 is 15.9 Å². The van der Waals surface area contributed by atoms with Crippen LogP contribution in [0, 0.1) is 0 Å². The van der Waals surface area contributed by atoms with Crippen LogP contribution in [0.1, 0.15) is 0 Å². The van der Waals surface area contributed by atoms with E-state index in [1.165, 1.54) is 24.3 Å². The van der Waals surface area contributed by atoms with Crippen molar-refractivity contribution in [3.63, 3.8) is 0 Å². The summed E-state index contributed by atoms with van der Waals surface area (Å²) in [5, 5.41) is 0. The molecule has 0 spiro atoms. The van der Waals surface area contributed by atoms with Crippen LogP contribution >= 0.6 is 0 Å². The fourth-order valence-electron chi connectivity index (χ4n) is 1.15. The van der Waals surface area contributed by atoms with Crippen molar-refractivity contribution in [3.05, 3.63) is 24.3 Å². The maximum atomic E-state index is 11.7. The Morgan fingerprint density at radius 3 is 2.44 bits per heavy atom. The van der Waals surface area contributed by atoms with E-state index in [9.17, 15) is 13.2 Å². The third-order valence-corrected chi connectivity index (χ3v) is 3.45. The van der Waals surface area contributed by atoms with Gasteiger partial charge in [0.05, 0.1) is 11.5 Å². The number of carbonyl (C=O) groups excluding carboxylic acids is 1. The van der Waals surface area contributed by atoms with E-state index in [-0.39, 0.29) is 24.7 Å². The highest BCUT2D eigenvalue weighted by Crippen LogP contribution is 2.10. The molecule has 0 aliphatic heterocycles. The lowest BCUT2D eigenvalue weighted by atomic mass is 10.3. The van der Waals surface area contributed by atoms with Crippen LogP contribution in [0.4, 0.5) is 5.69 Å². The summed E-state index contributed by atoms with van der Waals surface area (Å²) in [6.07, 6.45) is 0. The number of hydrogen-bond acceptors (Lipinski definition) is 5. The fraction of sp³-hybridized carbons (Fsp3) is 0.300. The van der Waals surface area contributed by atoms with E-state index >= 15 is 0 Å². The van der Waals surface area contributed by atoms with Gasteiger partial charge in [0.1, 0.15) is 6.61 Å². The minimum absolute atomic E-state index is 0.0555. The molecule has 0 heterocycles. The molecule has 7 nitrogen and oxygen atoms in total. The molecule has 100 valence electrons. The van der Waals surface area contributed by atoms with Crippen molar-refractivity contribution in [2.45, 2.75) is 4.90 Å². The number of carbonyl (C=O) groups is 1. The zero-order valence-corrected chi connectivity index (χ0v) is 10.4. The largest absolute Gasteiger partial charge is 0.399 e. The molecule has 8 heteroatoms. The number of nitrogen functional groups attached to an aromatic ring is 1. The van der Waals surface area contributed by atoms with Gasteiger partial charge in [0, 0.05) is 12.2 Å². The summed E-state index contributed by atoms with van der Waals surface area (Å²) >= 11 is 0. The normalized spacial score (nSPS) is 11.3. The van der Waals surface area contributed by atoms with Gasteiger partial charge >= 0.3 is 0 Å². The van der Waals surface area contributed by atoms with Gasteiger partial charge in [0.25, 0.3) is 0 Å². The van der Waals surface area contributed by atoms with Gasteiger partial charge in [-0.25, -0.2) is 13.1 Å². The van der Waals surface area contributed by atoms with Crippen LogP contribution in [0.5, 0.6) is 0 Å². The molecule has 1 rings (SSSR count). The molecule has 1 aromatic rings. The van der Waals surface area contributed by atoms with E-state index in [2.05, 4.69) is 4.72 Å². The van der Waals surface area contributed by atoms with E-state index in [1.807, 2.05) is 0 Å². The molecule has 0 unspecified atom stereocenters. The summed E-state index contributed by atoms with van der Waals surface area (Å²) in [6, 6.07) is 5.81. The summed E-state index contributed by atoms with van der Waals surface area (Å²) in [6.45, 7) is -0.110. The van der Waals surface area contributed by atoms with E-state index in [0.29, 0.717) is 5.69 Å². The topological polar surface area (TPSA) is 125 Å². The van der Waals surface area contributed by atoms with E-state index in [0.717, 1.165) is 0 Å². The highest BCUT2D eigenvalue weighted by Gasteiger charge is 2.12. The Labute approximate surface area is 105 Å². The van der Waals surface area contributed by atoms with Crippen molar-refractivity contribution in [2.75, 3.05) is 25.5 Å². The second-order valence-electron chi connectivity index (χ2n) is 3.49. The molecular weight excluding hydrogens is 258 g/mol. The van der Waals surface area contributed by atoms with Crippen LogP contribution in [-0.2, 0) is 19.6 Å². The average Bonchev–Trinajstić information content (AvgIpc) is 2.28. The highest BCUT2D eigenvalue weighted by atomic mass is 32.2. The fourth-order valence-corrected chi connectivity index (χ4v) is 2.16. The smallest absolute Gasteiger partial charge is 0.243 e. The predicted octanol–water partition coefficient (Wildman–Crippen LogP) is -0.951. The number of ether oxygens (including phenoxy) is 1. The molecule has 18 heavy (non-hydrogen) atoms. The lowest BCUT2D eigenvalue weighted by Gasteiger charge is -2.07. The van der Waals surface area contributed by atoms with Gasteiger partial charge < -0.3 is 16.2 Å². The third-order valence-electron chi connectivity index (χ3n) is 1.97. The van der Waals surface area contributed by atoms with Gasteiger partial charge in [0.2, 0.25) is 15.9 Å². The zero-order valence-electron chi connectivity index (χ0n) is 9.63. The number of sulfonamides is 1. The summed E-state index contributed by atoms with van der Waals surface area (Å²) in [5.74, 6) is -0.601. The van der Waals surface area contributed by atoms with Crippen molar-refractivity contribution in [1.82, 2.24) is 4.72 Å². The molecule has 1 aromatic carbocycles. The minimum atomic E-state index is -3.58. The second-order valence-corrected chi connectivity index (χ2v) is 5.25. The Kier molecular flexibility index (Phi) is 5.08. The van der Waals surface area contributed by atoms with Crippen LogP contribution < -0.4 is 16.2 Å². The standard InChI is InChI=1S/C10H15N3O4S/c11-8-1-3-9(4-2-8)18(15,16)13-5-6-17-7-10(12)14/h1-4,13H,5-7,11H2,(H2,12,14). The summed E-state index contributed by atoms with van der Waals surface area (Å²) in [5.41, 5.74) is 10.8. The van der Waals surface area contributed by atoms with Gasteiger partial charge in [-0.3, -0.25) is 4.79 Å². The third kappa shape index (κ3) is 4.70. The zero-order chi connectivity index (χ0) is 13.6. The summed E-state index contributed by atoms with van der Waals surface area (Å²) in [4.78, 5) is 10.5. The Morgan fingerprint density at radius 2 is 1.89 bits per heavy atom. The highest BCUT2D eigenvalue weighted by molar-refractivity contribution is 7.89. The second kappa shape index (κ2) is 6.34. The number of nitrogens with one attached hydrogen (secondary N) is 1. The van der Waals surface area contributed by atoms with Crippen LogP contribution in [0.2, 0.25) is 0 Å². The molecule has 0 fully saturated rings. The van der Waals surface area contributed by atoms with Crippen LogP contribution in [0.25, 0.3) is 0 Å². The lowest BCUT2D eigenvalue weighted by molar-refractivity contribution is -0.122. The van der Waals surface area contributed by atoms with Crippen LogP contribution in [-0.4, -0.2) is 34.1 Å². The SMILES string of the molecule is NC(=O)COCCNS(=O)(=O)c1ccc(N)cc1. The number of nitrogens with two attached hydrogens (primary N) is 2. The number of amides is 1. The van der Waals surface area contributed by atoms with Crippen LogP contribution in [0.3, 0.4) is 0 Å². The first-order chi connectivity index (χ1) is 8.42. The molecular formula is C10H15N3O4S. The van der Waals surface area contributed by atoms with Gasteiger partial charge in [-0.2, -0.15) is 0 Å². The minimum Gasteiger partial charge on any atom is -0.399 e. The molecule has 0 bridgehead atoms. The molecule has 0 saturated carbocycles. The van der Waals surface area contributed by atoms with Crippen molar-refractivity contribution >= 4 is 21.6 Å².